The molecule has 0 aliphatic carbocycles. The maximum atomic E-state index is 12.7. The van der Waals surface area contributed by atoms with Gasteiger partial charge in [-0.05, 0) is 30.3 Å². The number of para-hydroxylation sites is 1. The lowest BCUT2D eigenvalue weighted by Gasteiger charge is -2.12. The van der Waals surface area contributed by atoms with Gasteiger partial charge in [-0.2, -0.15) is 13.2 Å². The first-order valence-electron chi connectivity index (χ1n) is 8.63. The molecular formula is C22H16F3NO3. The summed E-state index contributed by atoms with van der Waals surface area (Å²) in [6.07, 6.45) is -4.50. The summed E-state index contributed by atoms with van der Waals surface area (Å²) < 4.78 is 43.4. The number of rotatable bonds is 6. The van der Waals surface area contributed by atoms with Crippen molar-refractivity contribution < 1.29 is 27.5 Å². The third kappa shape index (κ3) is 5.22. The van der Waals surface area contributed by atoms with E-state index in [4.69, 9.17) is 4.74 Å². The van der Waals surface area contributed by atoms with Gasteiger partial charge >= 0.3 is 6.18 Å². The number of benzene rings is 3. The van der Waals surface area contributed by atoms with Gasteiger partial charge in [-0.25, -0.2) is 0 Å². The molecule has 3 rings (SSSR count). The standard InChI is InChI=1S/C22H16F3NO3/c23-22(24,25)16-9-6-10-17(13-16)29-14-20(27)26-19-12-5-4-11-18(19)21(28)15-7-2-1-3-8-15/h1-13H,14H2,(H,26,27). The quantitative estimate of drug-likeness (QED) is 0.597. The number of carbonyl (C=O) groups is 2. The van der Waals surface area contributed by atoms with Crippen LogP contribution in [0.2, 0.25) is 0 Å². The van der Waals surface area contributed by atoms with Gasteiger partial charge in [0.25, 0.3) is 5.91 Å². The van der Waals surface area contributed by atoms with Crippen molar-refractivity contribution in [3.63, 3.8) is 0 Å². The van der Waals surface area contributed by atoms with Crippen molar-refractivity contribution in [2.24, 2.45) is 0 Å². The molecule has 0 saturated carbocycles. The maximum absolute atomic E-state index is 12.7. The Morgan fingerprint density at radius 3 is 2.28 bits per heavy atom. The molecule has 1 N–H and O–H groups in total. The fraction of sp³-hybridized carbons (Fsp3) is 0.0909. The van der Waals surface area contributed by atoms with E-state index in [1.807, 2.05) is 0 Å². The van der Waals surface area contributed by atoms with E-state index in [1.165, 1.54) is 12.1 Å². The fourth-order valence-electron chi connectivity index (χ4n) is 2.63. The zero-order valence-corrected chi connectivity index (χ0v) is 15.1. The number of ether oxygens (including phenoxy) is 1. The van der Waals surface area contributed by atoms with E-state index in [0.717, 1.165) is 12.1 Å². The van der Waals surface area contributed by atoms with Crippen LogP contribution in [0.3, 0.4) is 0 Å². The first-order chi connectivity index (χ1) is 13.8. The second kappa shape index (κ2) is 8.60. The summed E-state index contributed by atoms with van der Waals surface area (Å²) in [6.45, 7) is -0.505. The van der Waals surface area contributed by atoms with Crippen molar-refractivity contribution in [2.45, 2.75) is 6.18 Å². The molecular weight excluding hydrogens is 383 g/mol. The van der Waals surface area contributed by atoms with Crippen molar-refractivity contribution in [3.8, 4) is 5.75 Å². The predicted molar refractivity (Wildman–Crippen MR) is 102 cm³/mol. The third-order valence-electron chi connectivity index (χ3n) is 4.01. The SMILES string of the molecule is O=C(COc1cccc(C(F)(F)F)c1)Nc1ccccc1C(=O)c1ccccc1. The molecule has 1 amide bonds. The van der Waals surface area contributed by atoms with Crippen LogP contribution in [-0.4, -0.2) is 18.3 Å². The lowest BCUT2D eigenvalue weighted by molar-refractivity contribution is -0.137. The van der Waals surface area contributed by atoms with E-state index in [0.29, 0.717) is 16.8 Å². The fourth-order valence-corrected chi connectivity index (χ4v) is 2.63. The Morgan fingerprint density at radius 1 is 0.862 bits per heavy atom. The number of hydrogen-bond donors (Lipinski definition) is 1. The Morgan fingerprint density at radius 2 is 1.55 bits per heavy atom. The summed E-state index contributed by atoms with van der Waals surface area (Å²) >= 11 is 0. The van der Waals surface area contributed by atoms with Crippen molar-refractivity contribution >= 4 is 17.4 Å². The predicted octanol–water partition coefficient (Wildman–Crippen LogP) is 4.95. The van der Waals surface area contributed by atoms with Crippen LogP contribution in [0.1, 0.15) is 21.5 Å². The van der Waals surface area contributed by atoms with Crippen LogP contribution < -0.4 is 10.1 Å². The molecule has 0 aromatic heterocycles. The summed E-state index contributed by atoms with van der Waals surface area (Å²) in [5, 5.41) is 2.57. The molecule has 3 aromatic rings. The summed E-state index contributed by atoms with van der Waals surface area (Å²) in [5.41, 5.74) is 0.189. The zero-order valence-electron chi connectivity index (χ0n) is 15.1. The minimum Gasteiger partial charge on any atom is -0.484 e. The first-order valence-corrected chi connectivity index (χ1v) is 8.63. The topological polar surface area (TPSA) is 55.4 Å². The Kier molecular flexibility index (Phi) is 5.97. The number of ketones is 1. The smallest absolute Gasteiger partial charge is 0.416 e. The van der Waals surface area contributed by atoms with E-state index in [1.54, 1.807) is 54.6 Å². The van der Waals surface area contributed by atoms with Crippen LogP contribution in [0.15, 0.2) is 78.9 Å². The molecule has 0 atom stereocenters. The highest BCUT2D eigenvalue weighted by Crippen LogP contribution is 2.31. The van der Waals surface area contributed by atoms with Gasteiger partial charge < -0.3 is 10.1 Å². The maximum Gasteiger partial charge on any atom is 0.416 e. The van der Waals surface area contributed by atoms with Gasteiger partial charge in [0.15, 0.2) is 12.4 Å². The van der Waals surface area contributed by atoms with E-state index in [2.05, 4.69) is 5.32 Å². The molecule has 0 aliphatic rings. The van der Waals surface area contributed by atoms with Crippen LogP contribution in [0.4, 0.5) is 18.9 Å². The van der Waals surface area contributed by atoms with Crippen LogP contribution >= 0.6 is 0 Å². The zero-order chi connectivity index (χ0) is 20.9. The number of hydrogen-bond acceptors (Lipinski definition) is 3. The number of halogens is 3. The first kappa shape index (κ1) is 20.1. The minimum absolute atomic E-state index is 0.0800. The minimum atomic E-state index is -4.50. The van der Waals surface area contributed by atoms with E-state index in [-0.39, 0.29) is 11.5 Å². The lowest BCUT2D eigenvalue weighted by atomic mass is 10.0. The highest BCUT2D eigenvalue weighted by molar-refractivity contribution is 6.13. The Labute approximate surface area is 164 Å². The monoisotopic (exact) mass is 399 g/mol. The summed E-state index contributed by atoms with van der Waals surface area (Å²) in [5.74, 6) is -0.945. The van der Waals surface area contributed by atoms with Crippen molar-refractivity contribution in [3.05, 3.63) is 95.6 Å². The van der Waals surface area contributed by atoms with E-state index in [9.17, 15) is 22.8 Å². The normalized spacial score (nSPS) is 11.0. The Hall–Kier alpha value is -3.61. The van der Waals surface area contributed by atoms with Gasteiger partial charge in [-0.15, -0.1) is 0 Å². The number of nitrogens with one attached hydrogen (secondary N) is 1. The van der Waals surface area contributed by atoms with E-state index < -0.39 is 24.3 Å². The number of amides is 1. The average molecular weight is 399 g/mol. The Balaban J connectivity index is 1.68. The van der Waals surface area contributed by atoms with Gasteiger partial charge in [0.2, 0.25) is 0 Å². The summed E-state index contributed by atoms with van der Waals surface area (Å²) in [4.78, 5) is 24.9. The molecule has 29 heavy (non-hydrogen) atoms. The highest BCUT2D eigenvalue weighted by Gasteiger charge is 2.30. The molecule has 148 valence electrons. The molecule has 0 bridgehead atoms. The highest BCUT2D eigenvalue weighted by atomic mass is 19.4. The van der Waals surface area contributed by atoms with Gasteiger partial charge in [0, 0.05) is 11.1 Å². The second-order valence-electron chi connectivity index (χ2n) is 6.10. The molecule has 0 spiro atoms. The van der Waals surface area contributed by atoms with Gasteiger partial charge in [-0.1, -0.05) is 48.5 Å². The number of carbonyl (C=O) groups excluding carboxylic acids is 2. The molecule has 0 heterocycles. The molecule has 3 aromatic carbocycles. The molecule has 0 saturated heterocycles. The van der Waals surface area contributed by atoms with Crippen LogP contribution in [0.5, 0.6) is 5.75 Å². The molecule has 7 heteroatoms. The lowest BCUT2D eigenvalue weighted by Crippen LogP contribution is -2.21. The third-order valence-corrected chi connectivity index (χ3v) is 4.01. The van der Waals surface area contributed by atoms with Gasteiger partial charge in [-0.3, -0.25) is 9.59 Å². The largest absolute Gasteiger partial charge is 0.484 e. The van der Waals surface area contributed by atoms with E-state index >= 15 is 0 Å². The molecule has 0 fully saturated rings. The summed E-state index contributed by atoms with van der Waals surface area (Å²) in [6, 6.07) is 19.3. The van der Waals surface area contributed by atoms with Crippen molar-refractivity contribution in [1.82, 2.24) is 0 Å². The molecule has 4 nitrogen and oxygen atoms in total. The molecule has 0 unspecified atom stereocenters. The van der Waals surface area contributed by atoms with Gasteiger partial charge in [0.05, 0.1) is 11.3 Å². The average Bonchev–Trinajstić information content (AvgIpc) is 2.72. The second-order valence-corrected chi connectivity index (χ2v) is 6.10. The summed E-state index contributed by atoms with van der Waals surface area (Å²) in [7, 11) is 0. The Bertz CT molecular complexity index is 1020. The number of alkyl halides is 3. The molecule has 0 radical (unpaired) electrons. The van der Waals surface area contributed by atoms with Crippen LogP contribution in [0, 0.1) is 0 Å². The van der Waals surface area contributed by atoms with Gasteiger partial charge in [0.1, 0.15) is 5.75 Å². The van der Waals surface area contributed by atoms with Crippen molar-refractivity contribution in [2.75, 3.05) is 11.9 Å². The van der Waals surface area contributed by atoms with Crippen LogP contribution in [0.25, 0.3) is 0 Å². The van der Waals surface area contributed by atoms with Crippen molar-refractivity contribution in [1.29, 1.82) is 0 Å². The van der Waals surface area contributed by atoms with Crippen LogP contribution in [-0.2, 0) is 11.0 Å². The molecule has 0 aliphatic heterocycles. The number of anilines is 1.